The van der Waals surface area contributed by atoms with Crippen molar-refractivity contribution >= 4 is 44.2 Å². The Hall–Kier alpha value is -2.90. The summed E-state index contributed by atoms with van der Waals surface area (Å²) in [5.74, 6) is 1.04. The fourth-order valence-electron chi connectivity index (χ4n) is 2.89. The number of amidine groups is 1. The first-order valence-corrected chi connectivity index (χ1v) is 10.6. The quantitative estimate of drug-likeness (QED) is 0.375. The molecule has 0 saturated carbocycles. The molecule has 4 rings (SSSR count). The second-order valence-electron chi connectivity index (χ2n) is 6.29. The van der Waals surface area contributed by atoms with Crippen molar-refractivity contribution in [1.29, 1.82) is 0 Å². The van der Waals surface area contributed by atoms with Gasteiger partial charge in [-0.05, 0) is 30.2 Å². The van der Waals surface area contributed by atoms with Crippen LogP contribution in [0.1, 0.15) is 11.4 Å². The zero-order valence-electron chi connectivity index (χ0n) is 15.2. The van der Waals surface area contributed by atoms with Crippen LogP contribution in [0.5, 0.6) is 0 Å². The maximum absolute atomic E-state index is 12.7. The number of nitrogens with one attached hydrogen (secondary N) is 1. The van der Waals surface area contributed by atoms with Gasteiger partial charge in [0.15, 0.2) is 5.17 Å². The maximum atomic E-state index is 12.7. The monoisotopic (exact) mass is 406 g/mol. The number of aromatic amines is 1. The minimum atomic E-state index is -0.130. The van der Waals surface area contributed by atoms with Gasteiger partial charge >= 0.3 is 0 Å². The van der Waals surface area contributed by atoms with E-state index < -0.39 is 0 Å². The van der Waals surface area contributed by atoms with Crippen LogP contribution in [0.3, 0.4) is 0 Å². The third kappa shape index (κ3) is 4.00. The van der Waals surface area contributed by atoms with Crippen molar-refractivity contribution in [3.8, 4) is 11.1 Å². The number of fused-ring (bicyclic) bond motifs is 1. The largest absolute Gasteiger partial charge is 0.378 e. The van der Waals surface area contributed by atoms with Crippen LogP contribution in [0.2, 0.25) is 0 Å². The molecular weight excluding hydrogens is 388 g/mol. The lowest BCUT2D eigenvalue weighted by atomic mass is 10.1. The van der Waals surface area contributed by atoms with Crippen LogP contribution in [-0.4, -0.2) is 15.1 Å². The summed E-state index contributed by atoms with van der Waals surface area (Å²) < 4.78 is 0. The van der Waals surface area contributed by atoms with Gasteiger partial charge in [-0.15, -0.1) is 11.3 Å². The van der Waals surface area contributed by atoms with Gasteiger partial charge in [-0.25, -0.2) is 9.98 Å². The summed E-state index contributed by atoms with van der Waals surface area (Å²) in [6, 6.07) is 17.7. The number of thioether (sulfide) groups is 1. The number of H-pyrrole nitrogens is 1. The Morgan fingerprint density at radius 1 is 1.21 bits per heavy atom. The molecule has 0 saturated heterocycles. The molecule has 0 aliphatic heterocycles. The number of aryl methyl sites for hydroxylation is 1. The summed E-state index contributed by atoms with van der Waals surface area (Å²) in [7, 11) is 0. The van der Waals surface area contributed by atoms with Crippen LogP contribution >= 0.6 is 23.1 Å². The van der Waals surface area contributed by atoms with E-state index in [1.807, 2.05) is 66.9 Å². The van der Waals surface area contributed by atoms with Crippen LogP contribution in [0, 0.1) is 6.92 Å². The first kappa shape index (κ1) is 18.5. The smallest absolute Gasteiger partial charge is 0.260 e. The maximum Gasteiger partial charge on any atom is 0.260 e. The number of benzene rings is 2. The number of rotatable bonds is 4. The molecule has 0 amide bonds. The second kappa shape index (κ2) is 8.00. The Bertz CT molecular complexity index is 1210. The third-order valence-electron chi connectivity index (χ3n) is 4.18. The molecule has 5 nitrogen and oxygen atoms in total. The Morgan fingerprint density at radius 3 is 2.82 bits per heavy atom. The summed E-state index contributed by atoms with van der Waals surface area (Å²) in [4.78, 5) is 25.3. The molecule has 0 aliphatic rings. The molecule has 2 heterocycles. The predicted molar refractivity (Wildman–Crippen MR) is 119 cm³/mol. The lowest BCUT2D eigenvalue weighted by Crippen LogP contribution is -2.12. The fourth-order valence-corrected chi connectivity index (χ4v) is 4.45. The minimum Gasteiger partial charge on any atom is -0.378 e. The van der Waals surface area contributed by atoms with Crippen molar-refractivity contribution in [1.82, 2.24) is 9.97 Å². The molecule has 140 valence electrons. The molecule has 0 aliphatic carbocycles. The molecule has 2 aromatic carbocycles. The first-order chi connectivity index (χ1) is 13.6. The zero-order chi connectivity index (χ0) is 19.5. The highest BCUT2D eigenvalue weighted by Crippen LogP contribution is 2.30. The number of nitrogens with two attached hydrogens (primary N) is 1. The summed E-state index contributed by atoms with van der Waals surface area (Å²) in [6.45, 7) is 2.01. The van der Waals surface area contributed by atoms with Gasteiger partial charge in [0.1, 0.15) is 10.7 Å². The Morgan fingerprint density at radius 2 is 2.04 bits per heavy atom. The zero-order valence-corrected chi connectivity index (χ0v) is 16.8. The van der Waals surface area contributed by atoms with Crippen molar-refractivity contribution in [2.75, 3.05) is 0 Å². The van der Waals surface area contributed by atoms with Crippen LogP contribution in [0.4, 0.5) is 5.69 Å². The van der Waals surface area contributed by atoms with Crippen molar-refractivity contribution in [3.63, 3.8) is 0 Å². The van der Waals surface area contributed by atoms with E-state index in [2.05, 4.69) is 15.0 Å². The van der Waals surface area contributed by atoms with Crippen molar-refractivity contribution in [2.24, 2.45) is 10.7 Å². The molecule has 0 spiro atoms. The molecular formula is C21H18N4OS2. The van der Waals surface area contributed by atoms with E-state index in [1.165, 1.54) is 23.1 Å². The van der Waals surface area contributed by atoms with Crippen LogP contribution < -0.4 is 11.3 Å². The molecule has 7 heteroatoms. The Labute approximate surface area is 170 Å². The summed E-state index contributed by atoms with van der Waals surface area (Å²) in [6.07, 6.45) is 0. The predicted octanol–water partition coefficient (Wildman–Crippen LogP) is 4.84. The van der Waals surface area contributed by atoms with E-state index in [4.69, 9.17) is 5.73 Å². The number of hydrogen-bond donors (Lipinski definition) is 2. The average molecular weight is 407 g/mol. The highest BCUT2D eigenvalue weighted by atomic mass is 32.2. The van der Waals surface area contributed by atoms with Gasteiger partial charge in [0.05, 0.1) is 16.8 Å². The van der Waals surface area contributed by atoms with E-state index in [0.717, 1.165) is 27.2 Å². The van der Waals surface area contributed by atoms with E-state index in [0.29, 0.717) is 22.1 Å². The van der Waals surface area contributed by atoms with Gasteiger partial charge in [0.25, 0.3) is 5.56 Å². The van der Waals surface area contributed by atoms with Crippen LogP contribution in [0.15, 0.2) is 69.8 Å². The SMILES string of the molecule is Cc1cccc(N=C(N)SCc2nc3scc(-c4ccccc4)c3c(=O)[nH]2)c1. The highest BCUT2D eigenvalue weighted by Gasteiger charge is 2.13. The molecule has 0 radical (unpaired) electrons. The second-order valence-corrected chi connectivity index (χ2v) is 8.14. The number of nitrogens with zero attached hydrogens (tertiary/aromatic N) is 2. The number of aromatic nitrogens is 2. The standard InChI is InChI=1S/C21H18N4OS2/c1-13-6-5-9-15(10-13)23-21(22)28-12-17-24-19(26)18-16(11-27-20(18)25-17)14-7-3-2-4-8-14/h2-11H,12H2,1H3,(H2,22,23)(H,24,25,26). The summed E-state index contributed by atoms with van der Waals surface area (Å²) in [5, 5.41) is 3.04. The molecule has 2 aromatic heterocycles. The van der Waals surface area contributed by atoms with Crippen molar-refractivity contribution in [2.45, 2.75) is 12.7 Å². The van der Waals surface area contributed by atoms with Gasteiger partial charge in [-0.1, -0.05) is 54.2 Å². The van der Waals surface area contributed by atoms with Crippen molar-refractivity contribution in [3.05, 3.63) is 81.7 Å². The number of hydrogen-bond acceptors (Lipinski definition) is 5. The number of aliphatic imine (C=N–C) groups is 1. The number of thiophene rings is 1. The van der Waals surface area contributed by atoms with Gasteiger partial charge in [0.2, 0.25) is 0 Å². The average Bonchev–Trinajstić information content (AvgIpc) is 3.12. The summed E-state index contributed by atoms with van der Waals surface area (Å²) in [5.41, 5.74) is 9.76. The molecule has 0 atom stereocenters. The van der Waals surface area contributed by atoms with E-state index in [1.54, 1.807) is 0 Å². The lowest BCUT2D eigenvalue weighted by Gasteiger charge is -2.03. The van der Waals surface area contributed by atoms with E-state index in [9.17, 15) is 4.79 Å². The first-order valence-electron chi connectivity index (χ1n) is 8.69. The Kier molecular flexibility index (Phi) is 5.27. The van der Waals surface area contributed by atoms with Crippen molar-refractivity contribution < 1.29 is 0 Å². The third-order valence-corrected chi connectivity index (χ3v) is 5.85. The molecule has 4 aromatic rings. The van der Waals surface area contributed by atoms with Gasteiger partial charge in [-0.3, -0.25) is 4.79 Å². The molecule has 3 N–H and O–H groups in total. The molecule has 0 bridgehead atoms. The molecule has 0 fully saturated rings. The fraction of sp³-hybridized carbons (Fsp3) is 0.0952. The normalized spacial score (nSPS) is 11.8. The molecule has 0 unspecified atom stereocenters. The Balaban J connectivity index is 1.56. The topological polar surface area (TPSA) is 84.1 Å². The van der Waals surface area contributed by atoms with Gasteiger partial charge in [0, 0.05) is 10.9 Å². The van der Waals surface area contributed by atoms with E-state index >= 15 is 0 Å². The molecule has 28 heavy (non-hydrogen) atoms. The lowest BCUT2D eigenvalue weighted by molar-refractivity contribution is 1.05. The van der Waals surface area contributed by atoms with Gasteiger partial charge in [-0.2, -0.15) is 0 Å². The summed E-state index contributed by atoms with van der Waals surface area (Å²) >= 11 is 2.82. The van der Waals surface area contributed by atoms with Crippen LogP contribution in [-0.2, 0) is 5.75 Å². The van der Waals surface area contributed by atoms with E-state index in [-0.39, 0.29) is 5.56 Å². The van der Waals surface area contributed by atoms with Crippen LogP contribution in [0.25, 0.3) is 21.3 Å². The highest BCUT2D eigenvalue weighted by molar-refractivity contribution is 8.13. The minimum absolute atomic E-state index is 0.130. The van der Waals surface area contributed by atoms with Gasteiger partial charge < -0.3 is 10.7 Å².